The van der Waals surface area contributed by atoms with Crippen molar-refractivity contribution in [2.24, 2.45) is 0 Å². The van der Waals surface area contributed by atoms with Gasteiger partial charge in [-0.1, -0.05) is 0 Å². The number of piperidine rings is 1. The van der Waals surface area contributed by atoms with Crippen LogP contribution in [0.5, 0.6) is 0 Å². The molecule has 5 rings (SSSR count). The van der Waals surface area contributed by atoms with Crippen molar-refractivity contribution in [1.82, 2.24) is 34.8 Å². The van der Waals surface area contributed by atoms with E-state index in [0.717, 1.165) is 31.4 Å². The zero-order valence-electron chi connectivity index (χ0n) is 19.0. The molecule has 11 nitrogen and oxygen atoms in total. The number of imidazole rings is 1. The minimum absolute atomic E-state index is 0.0957. The van der Waals surface area contributed by atoms with Crippen molar-refractivity contribution in [3.05, 3.63) is 30.9 Å². The highest BCUT2D eigenvalue weighted by Crippen LogP contribution is 2.27. The predicted molar refractivity (Wildman–Crippen MR) is 125 cm³/mol. The fourth-order valence-corrected chi connectivity index (χ4v) is 4.50. The highest BCUT2D eigenvalue weighted by molar-refractivity contribution is 5.86. The van der Waals surface area contributed by atoms with E-state index in [1.807, 2.05) is 29.1 Å². The lowest BCUT2D eigenvalue weighted by Crippen LogP contribution is -2.51. The van der Waals surface area contributed by atoms with Gasteiger partial charge in [0.2, 0.25) is 11.9 Å². The van der Waals surface area contributed by atoms with E-state index in [1.165, 1.54) is 0 Å². The van der Waals surface area contributed by atoms with Crippen LogP contribution >= 0.6 is 0 Å². The third-order valence-corrected chi connectivity index (χ3v) is 6.31. The number of β-amino-alcohol motifs (C(OH)–C–C–N with tert-alkyl or cyclic N) is 1. The highest BCUT2D eigenvalue weighted by atomic mass is 16.3. The molecule has 0 radical (unpaired) electrons. The lowest BCUT2D eigenvalue weighted by molar-refractivity contribution is -0.123. The normalized spacial score (nSPS) is 23.4. The molecule has 0 spiro atoms. The number of amides is 1. The number of hydrogen-bond acceptors (Lipinski definition) is 8. The van der Waals surface area contributed by atoms with Crippen molar-refractivity contribution in [1.29, 1.82) is 0 Å². The summed E-state index contributed by atoms with van der Waals surface area (Å²) in [5.74, 6) is 1.57. The van der Waals surface area contributed by atoms with Crippen LogP contribution in [-0.4, -0.2) is 73.0 Å². The van der Waals surface area contributed by atoms with Gasteiger partial charge in [0.25, 0.3) is 0 Å². The molecule has 176 valence electrons. The monoisotopic (exact) mass is 453 g/mol. The summed E-state index contributed by atoms with van der Waals surface area (Å²) in [5, 5.41) is 24.8. The molecular formula is C22H31N9O2. The summed E-state index contributed by atoms with van der Waals surface area (Å²) in [6, 6.07) is 3.69. The number of carbonyl (C=O) groups is 1. The quantitative estimate of drug-likeness (QED) is 0.437. The van der Waals surface area contributed by atoms with Gasteiger partial charge in [0.15, 0.2) is 5.82 Å². The third-order valence-electron chi connectivity index (χ3n) is 6.31. The first kappa shape index (κ1) is 21.7. The second kappa shape index (κ2) is 8.99. The average molecular weight is 454 g/mol. The van der Waals surface area contributed by atoms with Crippen LogP contribution in [0.25, 0.3) is 5.52 Å². The summed E-state index contributed by atoms with van der Waals surface area (Å²) < 4.78 is 3.74. The molecule has 1 amide bonds. The summed E-state index contributed by atoms with van der Waals surface area (Å²) in [6.07, 6.45) is 7.27. The number of aliphatic hydroxyl groups excluding tert-OH is 1. The zero-order chi connectivity index (χ0) is 22.9. The molecule has 11 heteroatoms. The van der Waals surface area contributed by atoms with Gasteiger partial charge in [0.1, 0.15) is 17.4 Å². The second-order valence-corrected chi connectivity index (χ2v) is 9.13. The first-order chi connectivity index (χ1) is 16.0. The number of nitrogens with one attached hydrogen (secondary N) is 3. The number of carbonyl (C=O) groups excluding carboxylic acids is 1. The van der Waals surface area contributed by atoms with Gasteiger partial charge in [-0.2, -0.15) is 4.98 Å². The Morgan fingerprint density at radius 2 is 2.24 bits per heavy atom. The van der Waals surface area contributed by atoms with Crippen molar-refractivity contribution in [3.8, 4) is 0 Å². The maximum absolute atomic E-state index is 13.1. The van der Waals surface area contributed by atoms with Gasteiger partial charge in [-0.15, -0.1) is 5.10 Å². The molecule has 2 aliphatic rings. The van der Waals surface area contributed by atoms with E-state index in [-0.39, 0.29) is 11.9 Å². The van der Waals surface area contributed by atoms with Crippen molar-refractivity contribution in [2.45, 2.75) is 57.3 Å². The van der Waals surface area contributed by atoms with Crippen molar-refractivity contribution >= 4 is 29.0 Å². The van der Waals surface area contributed by atoms with E-state index >= 15 is 0 Å². The van der Waals surface area contributed by atoms with Gasteiger partial charge in [0.05, 0.1) is 12.4 Å². The Kier molecular flexibility index (Phi) is 5.90. The van der Waals surface area contributed by atoms with Crippen LogP contribution in [-0.2, 0) is 4.79 Å². The van der Waals surface area contributed by atoms with Crippen molar-refractivity contribution in [3.63, 3.8) is 0 Å². The van der Waals surface area contributed by atoms with Crippen LogP contribution in [0.2, 0.25) is 0 Å². The molecule has 2 fully saturated rings. The van der Waals surface area contributed by atoms with Gasteiger partial charge in [-0.3, -0.25) is 4.79 Å². The van der Waals surface area contributed by atoms with Crippen LogP contribution in [0.1, 0.15) is 39.2 Å². The van der Waals surface area contributed by atoms with Gasteiger partial charge < -0.3 is 30.5 Å². The van der Waals surface area contributed by atoms with Crippen LogP contribution < -0.4 is 20.9 Å². The molecular weight excluding hydrogens is 422 g/mol. The number of aliphatic hydroxyl groups is 1. The Balaban J connectivity index is 1.42. The van der Waals surface area contributed by atoms with Crippen LogP contribution in [0, 0.1) is 0 Å². The molecule has 4 N–H and O–H groups in total. The standard InChI is InChI=1S/C22H31N9O2/c1-14(2)29-12-19(24-13-29)26-20-17-6-4-8-31(17)28-22(27-20)30-11-16(32)9-18(30)21(33)25-15-5-3-7-23-10-15/h4,6,8,12-16,18,23,32H,3,5,7,9-11H2,1-2H3,(H,25,33)(H,26,27,28)/t15-,16+,18+/m1/s1. The Morgan fingerprint density at radius 3 is 3.00 bits per heavy atom. The SMILES string of the molecule is CC(C)n1cnc(Nc2nc(N3C[C@@H](O)C[C@H]3C(=O)N[C@@H]3CCCNC3)nn3cccc23)c1. The summed E-state index contributed by atoms with van der Waals surface area (Å²) in [7, 11) is 0. The van der Waals surface area contributed by atoms with Crippen molar-refractivity contribution < 1.29 is 9.90 Å². The summed E-state index contributed by atoms with van der Waals surface area (Å²) in [6.45, 7) is 6.23. The van der Waals surface area contributed by atoms with Crippen LogP contribution in [0.15, 0.2) is 30.9 Å². The molecule has 3 atom stereocenters. The lowest BCUT2D eigenvalue weighted by Gasteiger charge is -2.28. The minimum Gasteiger partial charge on any atom is -0.391 e. The fraction of sp³-hybridized carbons (Fsp3) is 0.545. The number of nitrogens with zero attached hydrogens (tertiary/aromatic N) is 6. The molecule has 2 saturated heterocycles. The number of fused-ring (bicyclic) bond motifs is 1. The molecule has 0 aliphatic carbocycles. The average Bonchev–Trinajstić information content (AvgIpc) is 3.53. The van der Waals surface area contributed by atoms with Gasteiger partial charge in [-0.25, -0.2) is 9.50 Å². The zero-order valence-corrected chi connectivity index (χ0v) is 19.0. The van der Waals surface area contributed by atoms with E-state index in [4.69, 9.17) is 4.98 Å². The molecule has 0 bridgehead atoms. The molecule has 2 aliphatic heterocycles. The summed E-state index contributed by atoms with van der Waals surface area (Å²) in [5.41, 5.74) is 0.798. The van der Waals surface area contributed by atoms with E-state index in [9.17, 15) is 9.90 Å². The van der Waals surface area contributed by atoms with Gasteiger partial charge in [0, 0.05) is 44.0 Å². The van der Waals surface area contributed by atoms with E-state index in [1.54, 1.807) is 15.7 Å². The van der Waals surface area contributed by atoms with E-state index in [0.29, 0.717) is 36.6 Å². The maximum atomic E-state index is 13.1. The Morgan fingerprint density at radius 1 is 1.36 bits per heavy atom. The minimum atomic E-state index is -0.618. The van der Waals surface area contributed by atoms with Crippen LogP contribution in [0.4, 0.5) is 17.6 Å². The number of rotatable bonds is 6. The largest absolute Gasteiger partial charge is 0.391 e. The Hall–Kier alpha value is -3.18. The smallest absolute Gasteiger partial charge is 0.246 e. The lowest BCUT2D eigenvalue weighted by atomic mass is 10.1. The fourth-order valence-electron chi connectivity index (χ4n) is 4.50. The predicted octanol–water partition coefficient (Wildman–Crippen LogP) is 1.06. The molecule has 0 saturated carbocycles. The third kappa shape index (κ3) is 4.51. The highest BCUT2D eigenvalue weighted by Gasteiger charge is 2.38. The molecule has 0 unspecified atom stereocenters. The Bertz CT molecular complexity index is 1120. The summed E-state index contributed by atoms with van der Waals surface area (Å²) in [4.78, 5) is 24.1. The molecule has 3 aromatic heterocycles. The van der Waals surface area contributed by atoms with Crippen LogP contribution in [0.3, 0.4) is 0 Å². The first-order valence-electron chi connectivity index (χ1n) is 11.6. The summed E-state index contributed by atoms with van der Waals surface area (Å²) >= 11 is 0. The van der Waals surface area contributed by atoms with E-state index in [2.05, 4.69) is 39.9 Å². The van der Waals surface area contributed by atoms with Gasteiger partial charge >= 0.3 is 0 Å². The molecule has 0 aromatic carbocycles. The molecule has 33 heavy (non-hydrogen) atoms. The second-order valence-electron chi connectivity index (χ2n) is 9.13. The topological polar surface area (TPSA) is 125 Å². The Labute approximate surface area is 192 Å². The van der Waals surface area contributed by atoms with Gasteiger partial charge in [-0.05, 0) is 45.4 Å². The maximum Gasteiger partial charge on any atom is 0.246 e. The van der Waals surface area contributed by atoms with E-state index < -0.39 is 12.1 Å². The van der Waals surface area contributed by atoms with Crippen molar-refractivity contribution in [2.75, 3.05) is 29.9 Å². The molecule has 3 aromatic rings. The number of hydrogen-bond donors (Lipinski definition) is 4. The molecule has 5 heterocycles. The number of anilines is 3. The first-order valence-corrected chi connectivity index (χ1v) is 11.6. The number of aromatic nitrogens is 5.